The summed E-state index contributed by atoms with van der Waals surface area (Å²) in [4.78, 5) is 2.38. The van der Waals surface area contributed by atoms with Gasteiger partial charge in [0.2, 0.25) is 0 Å². The van der Waals surface area contributed by atoms with Crippen molar-refractivity contribution in [3.63, 3.8) is 0 Å². The maximum Gasteiger partial charge on any atom is 0.0547 e. The van der Waals surface area contributed by atoms with Crippen LogP contribution in [0.4, 0.5) is 17.1 Å². The SMILES string of the molecule is c1ccc(-c2ccc(N(c3ccc(-n4c5ccccc5c5cc6ccccc6cc54)cc3)c3cccc(-c4cccc5c4sc4ccccc45)c3)cc2)cc1. The molecule has 0 spiro atoms. The van der Waals surface area contributed by atoms with Crippen molar-refractivity contribution in [2.75, 3.05) is 4.90 Å². The van der Waals surface area contributed by atoms with E-state index in [-0.39, 0.29) is 0 Å². The second-order valence-corrected chi connectivity index (χ2v) is 15.2. The van der Waals surface area contributed by atoms with E-state index in [1.54, 1.807) is 0 Å². The van der Waals surface area contributed by atoms with Gasteiger partial charge in [0.1, 0.15) is 0 Å². The van der Waals surface area contributed by atoms with Gasteiger partial charge in [-0.1, -0.05) is 133 Å². The zero-order chi connectivity index (χ0) is 36.3. The van der Waals surface area contributed by atoms with Crippen molar-refractivity contribution >= 4 is 81.1 Å². The Bertz CT molecular complexity index is 3190. The zero-order valence-electron chi connectivity index (χ0n) is 29.9. The summed E-state index contributed by atoms with van der Waals surface area (Å²) in [5.74, 6) is 0. The molecule has 2 aromatic heterocycles. The van der Waals surface area contributed by atoms with Crippen molar-refractivity contribution in [2.45, 2.75) is 0 Å². The number of fused-ring (bicyclic) bond motifs is 7. The first-order valence-electron chi connectivity index (χ1n) is 18.8. The number of hydrogen-bond acceptors (Lipinski definition) is 2. The number of aromatic nitrogens is 1. The van der Waals surface area contributed by atoms with Gasteiger partial charge in [0, 0.05) is 53.7 Å². The molecule has 11 aromatic rings. The van der Waals surface area contributed by atoms with Gasteiger partial charge < -0.3 is 9.47 Å². The summed E-state index contributed by atoms with van der Waals surface area (Å²) in [6, 6.07) is 75.1. The van der Waals surface area contributed by atoms with Crippen LogP contribution >= 0.6 is 11.3 Å². The van der Waals surface area contributed by atoms with Gasteiger partial charge in [0.25, 0.3) is 0 Å². The van der Waals surface area contributed by atoms with E-state index in [1.807, 2.05) is 11.3 Å². The largest absolute Gasteiger partial charge is 0.310 e. The molecule has 2 heterocycles. The first-order chi connectivity index (χ1) is 27.3. The molecule has 0 fully saturated rings. The second kappa shape index (κ2) is 12.9. The Kier molecular flexibility index (Phi) is 7.39. The summed E-state index contributed by atoms with van der Waals surface area (Å²) >= 11 is 1.88. The summed E-state index contributed by atoms with van der Waals surface area (Å²) in [6.07, 6.45) is 0. The van der Waals surface area contributed by atoms with Crippen LogP contribution in [0.5, 0.6) is 0 Å². The standard InChI is InChI=1S/C52H34N2S/c1-2-12-35(13-3-1)36-24-26-40(27-25-36)53(43-17-10-16-39(32-43)44-20-11-21-47-46-19-7-9-23-51(46)55-52(44)47)41-28-30-42(31-29-41)54-49-22-8-6-18-45(49)48-33-37-14-4-5-15-38(37)34-50(48)54/h1-34H. The second-order valence-electron chi connectivity index (χ2n) is 14.2. The molecule has 0 saturated carbocycles. The zero-order valence-corrected chi connectivity index (χ0v) is 30.7. The van der Waals surface area contributed by atoms with Crippen molar-refractivity contribution < 1.29 is 0 Å². The normalized spacial score (nSPS) is 11.6. The topological polar surface area (TPSA) is 8.17 Å². The van der Waals surface area contributed by atoms with E-state index in [0.717, 1.165) is 22.7 Å². The Morgan fingerprint density at radius 1 is 0.364 bits per heavy atom. The summed E-state index contributed by atoms with van der Waals surface area (Å²) in [5, 5.41) is 7.66. The molecule has 0 N–H and O–H groups in total. The van der Waals surface area contributed by atoms with Crippen molar-refractivity contribution in [1.29, 1.82) is 0 Å². The average Bonchev–Trinajstić information content (AvgIpc) is 3.79. The Morgan fingerprint density at radius 3 is 1.80 bits per heavy atom. The lowest BCUT2D eigenvalue weighted by atomic mass is 10.0. The summed E-state index contributed by atoms with van der Waals surface area (Å²) < 4.78 is 5.05. The Hall–Kier alpha value is -6.94. The number of para-hydroxylation sites is 1. The lowest BCUT2D eigenvalue weighted by Gasteiger charge is -2.26. The molecular weight excluding hydrogens is 685 g/mol. The van der Waals surface area contributed by atoms with Gasteiger partial charge in [-0.3, -0.25) is 0 Å². The first kappa shape index (κ1) is 31.6. The van der Waals surface area contributed by atoms with E-state index < -0.39 is 0 Å². The van der Waals surface area contributed by atoms with E-state index in [1.165, 1.54) is 75.0 Å². The highest BCUT2D eigenvalue weighted by Crippen LogP contribution is 2.43. The molecule has 11 rings (SSSR count). The van der Waals surface area contributed by atoms with Crippen molar-refractivity contribution in [3.8, 4) is 27.9 Å². The molecular formula is C52H34N2S. The van der Waals surface area contributed by atoms with Gasteiger partial charge >= 0.3 is 0 Å². The van der Waals surface area contributed by atoms with E-state index in [4.69, 9.17) is 0 Å². The maximum atomic E-state index is 2.41. The summed E-state index contributed by atoms with van der Waals surface area (Å²) in [5.41, 5.74) is 11.7. The fraction of sp³-hybridized carbons (Fsp3) is 0. The summed E-state index contributed by atoms with van der Waals surface area (Å²) in [7, 11) is 0. The fourth-order valence-corrected chi connectivity index (χ4v) is 9.59. The summed E-state index contributed by atoms with van der Waals surface area (Å²) in [6.45, 7) is 0. The monoisotopic (exact) mass is 718 g/mol. The fourth-order valence-electron chi connectivity index (χ4n) is 8.35. The molecule has 0 radical (unpaired) electrons. The van der Waals surface area contributed by atoms with Crippen LogP contribution in [-0.2, 0) is 0 Å². The van der Waals surface area contributed by atoms with Crippen LogP contribution in [0.2, 0.25) is 0 Å². The molecule has 0 unspecified atom stereocenters. The molecule has 0 saturated heterocycles. The molecule has 2 nitrogen and oxygen atoms in total. The van der Waals surface area contributed by atoms with E-state index in [9.17, 15) is 0 Å². The minimum Gasteiger partial charge on any atom is -0.310 e. The third-order valence-corrected chi connectivity index (χ3v) is 12.2. The Morgan fingerprint density at radius 2 is 0.982 bits per heavy atom. The predicted octanol–water partition coefficient (Wildman–Crippen LogP) is 15.1. The van der Waals surface area contributed by atoms with Crippen LogP contribution in [0.15, 0.2) is 206 Å². The van der Waals surface area contributed by atoms with Gasteiger partial charge in [-0.25, -0.2) is 0 Å². The minimum atomic E-state index is 1.10. The minimum absolute atomic E-state index is 1.10. The molecule has 55 heavy (non-hydrogen) atoms. The molecule has 3 heteroatoms. The van der Waals surface area contributed by atoms with Crippen LogP contribution in [-0.4, -0.2) is 4.57 Å². The highest BCUT2D eigenvalue weighted by atomic mass is 32.1. The Labute approximate surface area is 323 Å². The van der Waals surface area contributed by atoms with Crippen LogP contribution < -0.4 is 4.90 Å². The molecule has 9 aromatic carbocycles. The van der Waals surface area contributed by atoms with E-state index in [0.29, 0.717) is 0 Å². The third-order valence-electron chi connectivity index (χ3n) is 11.0. The number of thiophene rings is 1. The average molecular weight is 719 g/mol. The molecule has 0 amide bonds. The van der Waals surface area contributed by atoms with E-state index >= 15 is 0 Å². The van der Waals surface area contributed by atoms with Crippen LogP contribution in [0.1, 0.15) is 0 Å². The highest BCUT2D eigenvalue weighted by Gasteiger charge is 2.18. The smallest absolute Gasteiger partial charge is 0.0547 e. The number of benzene rings is 9. The molecule has 0 aliphatic rings. The highest BCUT2D eigenvalue weighted by molar-refractivity contribution is 7.26. The van der Waals surface area contributed by atoms with E-state index in [2.05, 4.69) is 216 Å². The van der Waals surface area contributed by atoms with Gasteiger partial charge in [0.15, 0.2) is 0 Å². The van der Waals surface area contributed by atoms with Gasteiger partial charge in [-0.2, -0.15) is 0 Å². The van der Waals surface area contributed by atoms with Gasteiger partial charge in [-0.15, -0.1) is 11.3 Å². The lowest BCUT2D eigenvalue weighted by molar-refractivity contribution is 1.17. The van der Waals surface area contributed by atoms with Gasteiger partial charge in [-0.05, 0) is 106 Å². The number of hydrogen-bond donors (Lipinski definition) is 0. The van der Waals surface area contributed by atoms with Crippen LogP contribution in [0.25, 0.3) is 80.7 Å². The molecule has 258 valence electrons. The Balaban J connectivity index is 1.06. The number of anilines is 3. The number of rotatable bonds is 6. The third kappa shape index (κ3) is 5.32. The molecule has 0 atom stereocenters. The van der Waals surface area contributed by atoms with Gasteiger partial charge in [0.05, 0.1) is 11.0 Å². The lowest BCUT2D eigenvalue weighted by Crippen LogP contribution is -2.10. The maximum absolute atomic E-state index is 2.41. The van der Waals surface area contributed by atoms with Crippen molar-refractivity contribution in [2.24, 2.45) is 0 Å². The van der Waals surface area contributed by atoms with Crippen LogP contribution in [0.3, 0.4) is 0 Å². The van der Waals surface area contributed by atoms with Crippen molar-refractivity contribution in [1.82, 2.24) is 4.57 Å². The molecule has 0 aliphatic carbocycles. The molecule has 0 aliphatic heterocycles. The quantitative estimate of drug-likeness (QED) is 0.166. The molecule has 0 bridgehead atoms. The number of nitrogens with zero attached hydrogens (tertiary/aromatic N) is 2. The predicted molar refractivity (Wildman–Crippen MR) is 237 cm³/mol. The first-order valence-corrected chi connectivity index (χ1v) is 19.6. The van der Waals surface area contributed by atoms with Crippen molar-refractivity contribution in [3.05, 3.63) is 206 Å². The van der Waals surface area contributed by atoms with Crippen LogP contribution in [0, 0.1) is 0 Å².